The van der Waals surface area contributed by atoms with Crippen molar-refractivity contribution in [3.05, 3.63) is 47.3 Å². The van der Waals surface area contributed by atoms with E-state index in [1.807, 2.05) is 0 Å². The molecule has 2 aromatic heterocycles. The standard InChI is InChI=1S/C16H12FN3O2S/c1-16(2,17)12-3-9-5-13(23-14(9)10(4-12)6-18)20-8-11(7-19-20)15(21)22/h3-5,7-8H,1-2H3,(H,21,22). The average Bonchev–Trinajstić information content (AvgIpc) is 3.11. The Morgan fingerprint density at radius 2 is 2.17 bits per heavy atom. The second-order valence-electron chi connectivity index (χ2n) is 5.59. The number of nitrogens with zero attached hydrogens (tertiary/aromatic N) is 3. The zero-order valence-electron chi connectivity index (χ0n) is 12.4. The number of carboxylic acid groups (broad SMARTS) is 1. The van der Waals surface area contributed by atoms with Gasteiger partial charge < -0.3 is 5.11 Å². The summed E-state index contributed by atoms with van der Waals surface area (Å²) in [7, 11) is 0. The molecule has 23 heavy (non-hydrogen) atoms. The minimum atomic E-state index is -1.55. The molecule has 0 atom stereocenters. The maximum Gasteiger partial charge on any atom is 0.338 e. The third kappa shape index (κ3) is 2.69. The highest BCUT2D eigenvalue weighted by Crippen LogP contribution is 2.35. The molecule has 5 nitrogen and oxygen atoms in total. The number of rotatable bonds is 3. The first-order valence-corrected chi connectivity index (χ1v) is 7.56. The van der Waals surface area contributed by atoms with Crippen LogP contribution in [0, 0.1) is 11.3 Å². The predicted octanol–water partition coefficient (Wildman–Crippen LogP) is 3.86. The summed E-state index contributed by atoms with van der Waals surface area (Å²) in [6.07, 6.45) is 2.66. The molecular formula is C16H12FN3O2S. The number of halogens is 1. The zero-order chi connectivity index (χ0) is 16.8. The van der Waals surface area contributed by atoms with Crippen LogP contribution in [0.4, 0.5) is 4.39 Å². The fraction of sp³-hybridized carbons (Fsp3) is 0.188. The van der Waals surface area contributed by atoms with E-state index in [0.29, 0.717) is 16.1 Å². The Hall–Kier alpha value is -2.72. The van der Waals surface area contributed by atoms with Crippen LogP contribution in [0.5, 0.6) is 0 Å². The molecule has 0 radical (unpaired) electrons. The number of aromatic carboxylic acids is 1. The molecule has 0 aliphatic carbocycles. The fourth-order valence-corrected chi connectivity index (χ4v) is 3.27. The second-order valence-corrected chi connectivity index (χ2v) is 6.62. The van der Waals surface area contributed by atoms with E-state index < -0.39 is 11.6 Å². The predicted molar refractivity (Wildman–Crippen MR) is 84.8 cm³/mol. The number of alkyl halides is 1. The first-order chi connectivity index (χ1) is 10.8. The molecule has 0 saturated heterocycles. The number of thiophene rings is 1. The molecule has 1 N–H and O–H groups in total. The molecule has 0 fully saturated rings. The molecule has 2 heterocycles. The van der Waals surface area contributed by atoms with Crippen molar-refractivity contribution in [2.75, 3.05) is 0 Å². The smallest absolute Gasteiger partial charge is 0.338 e. The number of carbonyl (C=O) groups is 1. The number of carboxylic acids is 1. The van der Waals surface area contributed by atoms with Gasteiger partial charge in [0.15, 0.2) is 0 Å². The summed E-state index contributed by atoms with van der Waals surface area (Å²) < 4.78 is 16.4. The third-order valence-electron chi connectivity index (χ3n) is 3.47. The van der Waals surface area contributed by atoms with Crippen LogP contribution in [0.2, 0.25) is 0 Å². The van der Waals surface area contributed by atoms with Gasteiger partial charge >= 0.3 is 5.97 Å². The molecule has 0 saturated carbocycles. The summed E-state index contributed by atoms with van der Waals surface area (Å²) in [5.74, 6) is -1.06. The third-order valence-corrected chi connectivity index (χ3v) is 4.64. The summed E-state index contributed by atoms with van der Waals surface area (Å²) in [4.78, 5) is 10.9. The summed E-state index contributed by atoms with van der Waals surface area (Å²) in [5, 5.41) is 23.7. The lowest BCUT2D eigenvalue weighted by molar-refractivity contribution is 0.0697. The quantitative estimate of drug-likeness (QED) is 0.791. The Balaban J connectivity index is 2.18. The first-order valence-electron chi connectivity index (χ1n) is 6.75. The molecule has 1 aromatic carbocycles. The van der Waals surface area contributed by atoms with Gasteiger partial charge in [-0.2, -0.15) is 10.4 Å². The van der Waals surface area contributed by atoms with E-state index in [2.05, 4.69) is 11.2 Å². The summed E-state index contributed by atoms with van der Waals surface area (Å²) >= 11 is 1.31. The van der Waals surface area contributed by atoms with E-state index in [0.717, 1.165) is 10.1 Å². The number of aromatic nitrogens is 2. The Morgan fingerprint density at radius 1 is 1.43 bits per heavy atom. The van der Waals surface area contributed by atoms with Crippen LogP contribution in [0.1, 0.15) is 35.3 Å². The van der Waals surface area contributed by atoms with Crippen molar-refractivity contribution in [1.29, 1.82) is 5.26 Å². The van der Waals surface area contributed by atoms with Gasteiger partial charge in [0.2, 0.25) is 0 Å². The van der Waals surface area contributed by atoms with Crippen molar-refractivity contribution in [2.24, 2.45) is 0 Å². The highest BCUT2D eigenvalue weighted by atomic mass is 32.1. The number of hydrogen-bond donors (Lipinski definition) is 1. The van der Waals surface area contributed by atoms with E-state index in [4.69, 9.17) is 5.11 Å². The minimum absolute atomic E-state index is 0.0774. The van der Waals surface area contributed by atoms with E-state index in [-0.39, 0.29) is 5.56 Å². The van der Waals surface area contributed by atoms with Crippen molar-refractivity contribution < 1.29 is 14.3 Å². The minimum Gasteiger partial charge on any atom is -0.478 e. The highest BCUT2D eigenvalue weighted by molar-refractivity contribution is 7.21. The molecule has 3 aromatic rings. The molecule has 0 bridgehead atoms. The summed E-state index contributed by atoms with van der Waals surface area (Å²) in [5.41, 5.74) is -0.652. The van der Waals surface area contributed by atoms with Crippen LogP contribution < -0.4 is 0 Å². The van der Waals surface area contributed by atoms with Crippen LogP contribution in [0.15, 0.2) is 30.6 Å². The van der Waals surface area contributed by atoms with Crippen LogP contribution in [-0.4, -0.2) is 20.9 Å². The number of hydrogen-bond acceptors (Lipinski definition) is 4. The van der Waals surface area contributed by atoms with E-state index >= 15 is 0 Å². The average molecular weight is 329 g/mol. The maximum atomic E-state index is 14.2. The molecular weight excluding hydrogens is 317 g/mol. The molecule has 7 heteroatoms. The van der Waals surface area contributed by atoms with Crippen LogP contribution in [-0.2, 0) is 5.67 Å². The van der Waals surface area contributed by atoms with Gasteiger partial charge in [0.25, 0.3) is 0 Å². The lowest BCUT2D eigenvalue weighted by Crippen LogP contribution is -2.08. The fourth-order valence-electron chi connectivity index (χ4n) is 2.23. The van der Waals surface area contributed by atoms with Crippen molar-refractivity contribution in [2.45, 2.75) is 19.5 Å². The van der Waals surface area contributed by atoms with Crippen LogP contribution >= 0.6 is 11.3 Å². The van der Waals surface area contributed by atoms with Gasteiger partial charge in [-0.3, -0.25) is 0 Å². The van der Waals surface area contributed by atoms with Gasteiger partial charge in [-0.1, -0.05) is 0 Å². The Labute approximate surface area is 135 Å². The van der Waals surface area contributed by atoms with Crippen LogP contribution in [0.3, 0.4) is 0 Å². The lowest BCUT2D eigenvalue weighted by Gasteiger charge is -2.15. The maximum absolute atomic E-state index is 14.2. The van der Waals surface area contributed by atoms with Crippen LogP contribution in [0.25, 0.3) is 15.1 Å². The molecule has 0 amide bonds. The van der Waals surface area contributed by atoms with Gasteiger partial charge in [0, 0.05) is 6.20 Å². The van der Waals surface area contributed by atoms with Crippen molar-refractivity contribution in [3.8, 4) is 11.1 Å². The molecule has 0 aliphatic heterocycles. The van der Waals surface area contributed by atoms with Gasteiger partial charge in [-0.05, 0) is 43.0 Å². The summed E-state index contributed by atoms with van der Waals surface area (Å²) in [6.45, 7) is 2.88. The number of nitriles is 1. The van der Waals surface area contributed by atoms with E-state index in [1.165, 1.54) is 42.3 Å². The monoisotopic (exact) mass is 329 g/mol. The Morgan fingerprint density at radius 3 is 2.74 bits per heavy atom. The molecule has 0 unspecified atom stereocenters. The molecule has 3 rings (SSSR count). The van der Waals surface area contributed by atoms with Crippen molar-refractivity contribution >= 4 is 27.4 Å². The molecule has 116 valence electrons. The molecule has 0 aliphatic rings. The largest absolute Gasteiger partial charge is 0.478 e. The normalized spacial score (nSPS) is 11.6. The Bertz CT molecular complexity index is 960. The van der Waals surface area contributed by atoms with E-state index in [9.17, 15) is 14.4 Å². The lowest BCUT2D eigenvalue weighted by atomic mass is 9.97. The van der Waals surface area contributed by atoms with E-state index in [1.54, 1.807) is 18.2 Å². The Kier molecular flexibility index (Phi) is 3.42. The van der Waals surface area contributed by atoms with Crippen molar-refractivity contribution in [3.63, 3.8) is 0 Å². The number of fused-ring (bicyclic) bond motifs is 1. The topological polar surface area (TPSA) is 78.9 Å². The highest BCUT2D eigenvalue weighted by Gasteiger charge is 2.21. The van der Waals surface area contributed by atoms with Gasteiger partial charge in [-0.25, -0.2) is 13.9 Å². The SMILES string of the molecule is CC(C)(F)c1cc(C#N)c2sc(-n3cc(C(=O)O)cn3)cc2c1. The summed E-state index contributed by atoms with van der Waals surface area (Å²) in [6, 6.07) is 7.12. The molecule has 0 spiro atoms. The first kappa shape index (κ1) is 15.2. The van der Waals surface area contributed by atoms with Gasteiger partial charge in [-0.15, -0.1) is 11.3 Å². The second kappa shape index (κ2) is 5.18. The van der Waals surface area contributed by atoms with Gasteiger partial charge in [0.05, 0.1) is 22.0 Å². The van der Waals surface area contributed by atoms with Gasteiger partial charge in [0.1, 0.15) is 16.7 Å². The zero-order valence-corrected chi connectivity index (χ0v) is 13.2. The van der Waals surface area contributed by atoms with Crippen molar-refractivity contribution in [1.82, 2.24) is 9.78 Å². The number of benzene rings is 1.